The standard InChI is InChI=1S/C25H27F5N6O6S/c1-12-20(11-35(34-12)22(26)27)43(39,40)36-13(2)19(10-32-21(37)16-7-14(16)9-31)41-18-6-5-15(8-17(18)36)33-23(38)42-24(3,4)25(28,29)30/h5-6,8,11,13-14,16,19,22H,7,10H2,1-4H3,(H,32,37)(H,33,38)/t13-,14-,16+,19+/m1/s1. The van der Waals surface area contributed by atoms with Gasteiger partial charge in [-0.1, -0.05) is 0 Å². The topological polar surface area (TPSA) is 156 Å². The zero-order valence-electron chi connectivity index (χ0n) is 23.1. The number of carbonyl (C=O) groups is 2. The lowest BCUT2D eigenvalue weighted by molar-refractivity contribution is -0.242. The largest absolute Gasteiger partial charge is 0.484 e. The summed E-state index contributed by atoms with van der Waals surface area (Å²) in [6, 6.07) is 4.47. The van der Waals surface area contributed by atoms with Gasteiger partial charge in [0.1, 0.15) is 16.7 Å². The first-order valence-electron chi connectivity index (χ1n) is 12.8. The van der Waals surface area contributed by atoms with Gasteiger partial charge < -0.3 is 14.8 Å². The second-order valence-electron chi connectivity index (χ2n) is 10.6. The molecule has 0 radical (unpaired) electrons. The van der Waals surface area contributed by atoms with E-state index in [1.54, 1.807) is 0 Å². The Morgan fingerprint density at radius 2 is 1.95 bits per heavy atom. The summed E-state index contributed by atoms with van der Waals surface area (Å²) in [5.41, 5.74) is -3.43. The van der Waals surface area contributed by atoms with Crippen LogP contribution in [0.15, 0.2) is 29.3 Å². The minimum Gasteiger partial charge on any atom is -0.484 e. The fraction of sp³-hybridized carbons (Fsp3) is 0.520. The lowest BCUT2D eigenvalue weighted by atomic mass is 10.1. The number of nitriles is 1. The fourth-order valence-electron chi connectivity index (χ4n) is 4.38. The minimum atomic E-state index is -4.88. The highest BCUT2D eigenvalue weighted by atomic mass is 32.2. The number of anilines is 2. The molecule has 1 aliphatic carbocycles. The van der Waals surface area contributed by atoms with E-state index in [2.05, 4.69) is 20.5 Å². The third kappa shape index (κ3) is 6.31. The molecule has 234 valence electrons. The summed E-state index contributed by atoms with van der Waals surface area (Å²) in [7, 11) is -4.66. The van der Waals surface area contributed by atoms with Gasteiger partial charge in [0.25, 0.3) is 10.0 Å². The molecule has 2 N–H and O–H groups in total. The van der Waals surface area contributed by atoms with E-state index in [0.29, 0.717) is 26.5 Å². The number of halogens is 5. The maximum atomic E-state index is 13.9. The Bertz CT molecular complexity index is 1570. The molecule has 0 bridgehead atoms. The molecule has 2 aromatic rings. The highest BCUT2D eigenvalue weighted by Crippen LogP contribution is 2.43. The second-order valence-corrected chi connectivity index (χ2v) is 12.3. The zero-order chi connectivity index (χ0) is 32.1. The number of benzene rings is 1. The van der Waals surface area contributed by atoms with Crippen molar-refractivity contribution in [2.24, 2.45) is 11.8 Å². The number of sulfonamides is 1. The van der Waals surface area contributed by atoms with Crippen LogP contribution in [0.3, 0.4) is 0 Å². The molecule has 0 spiro atoms. The Labute approximate surface area is 242 Å². The van der Waals surface area contributed by atoms with Crippen molar-refractivity contribution in [3.8, 4) is 11.8 Å². The lowest BCUT2D eigenvalue weighted by Gasteiger charge is -2.41. The predicted octanol–water partition coefficient (Wildman–Crippen LogP) is 4.10. The van der Waals surface area contributed by atoms with Gasteiger partial charge in [0.05, 0.1) is 48.1 Å². The van der Waals surface area contributed by atoms with Crippen molar-refractivity contribution in [2.75, 3.05) is 16.2 Å². The number of ether oxygens (including phenoxy) is 2. The number of amides is 2. The summed E-state index contributed by atoms with van der Waals surface area (Å²) in [5.74, 6) is -1.40. The number of nitrogens with one attached hydrogen (secondary N) is 2. The van der Waals surface area contributed by atoms with Crippen molar-refractivity contribution in [3.05, 3.63) is 30.1 Å². The molecule has 12 nitrogen and oxygen atoms in total. The van der Waals surface area contributed by atoms with Crippen molar-refractivity contribution in [2.45, 2.75) is 69.5 Å². The monoisotopic (exact) mass is 634 g/mol. The van der Waals surface area contributed by atoms with Crippen molar-refractivity contribution in [1.82, 2.24) is 15.1 Å². The van der Waals surface area contributed by atoms with Gasteiger partial charge in [0.15, 0.2) is 0 Å². The zero-order valence-corrected chi connectivity index (χ0v) is 24.0. The Balaban J connectivity index is 1.68. The van der Waals surface area contributed by atoms with E-state index in [4.69, 9.17) is 10.00 Å². The van der Waals surface area contributed by atoms with Crippen LogP contribution < -0.4 is 19.7 Å². The Kier molecular flexibility index (Phi) is 8.26. The maximum absolute atomic E-state index is 13.9. The van der Waals surface area contributed by atoms with Crippen LogP contribution in [0, 0.1) is 30.1 Å². The van der Waals surface area contributed by atoms with Gasteiger partial charge in [-0.05, 0) is 52.3 Å². The highest BCUT2D eigenvalue weighted by molar-refractivity contribution is 7.93. The van der Waals surface area contributed by atoms with Crippen LogP contribution in [0.4, 0.5) is 38.1 Å². The molecule has 2 aliphatic rings. The molecule has 1 aliphatic heterocycles. The Hall–Kier alpha value is -4.14. The van der Waals surface area contributed by atoms with Gasteiger partial charge in [-0.15, -0.1) is 0 Å². The SMILES string of the molecule is Cc1nn(C(F)F)cc1S(=O)(=O)N1c2cc(NC(=O)OC(C)(C)C(F)(F)F)ccc2O[C@@H](CNC(=O)[C@H]2C[C@@H]2C#N)[C@H]1C. The van der Waals surface area contributed by atoms with E-state index in [1.807, 2.05) is 6.07 Å². The highest BCUT2D eigenvalue weighted by Gasteiger charge is 2.51. The van der Waals surface area contributed by atoms with E-state index in [9.17, 15) is 40.0 Å². The average Bonchev–Trinajstić information content (AvgIpc) is 3.58. The molecule has 2 heterocycles. The second kappa shape index (κ2) is 11.2. The molecule has 4 atom stereocenters. The molecule has 1 aromatic heterocycles. The van der Waals surface area contributed by atoms with Crippen LogP contribution in [-0.4, -0.2) is 60.7 Å². The van der Waals surface area contributed by atoms with E-state index >= 15 is 0 Å². The van der Waals surface area contributed by atoms with Gasteiger partial charge in [-0.25, -0.2) is 17.9 Å². The number of aromatic nitrogens is 2. The third-order valence-corrected chi connectivity index (χ3v) is 9.04. The van der Waals surface area contributed by atoms with Crippen molar-refractivity contribution >= 4 is 33.4 Å². The molecule has 4 rings (SSSR count). The summed E-state index contributed by atoms with van der Waals surface area (Å²) < 4.78 is 106. The molecule has 1 saturated carbocycles. The number of hydrogen-bond acceptors (Lipinski definition) is 8. The first kappa shape index (κ1) is 31.8. The first-order chi connectivity index (χ1) is 19.9. The molecular formula is C25H27F5N6O6S. The van der Waals surface area contributed by atoms with Crippen LogP contribution in [-0.2, 0) is 19.6 Å². The molecule has 2 amide bonds. The molecular weight excluding hydrogens is 607 g/mol. The molecule has 18 heteroatoms. The summed E-state index contributed by atoms with van der Waals surface area (Å²) in [6.45, 7) is 0.616. The number of rotatable bonds is 8. The maximum Gasteiger partial charge on any atom is 0.427 e. The fourth-order valence-corrected chi connectivity index (χ4v) is 6.22. The summed E-state index contributed by atoms with van der Waals surface area (Å²) in [4.78, 5) is 24.2. The van der Waals surface area contributed by atoms with E-state index < -0.39 is 69.2 Å². The first-order valence-corrected chi connectivity index (χ1v) is 14.2. The number of carbonyl (C=O) groups excluding carboxylic acids is 2. The van der Waals surface area contributed by atoms with E-state index in [-0.39, 0.29) is 34.0 Å². The summed E-state index contributed by atoms with van der Waals surface area (Å²) in [5, 5.41) is 17.3. The third-order valence-electron chi connectivity index (χ3n) is 7.04. The Morgan fingerprint density at radius 1 is 1.28 bits per heavy atom. The molecule has 1 fully saturated rings. The van der Waals surface area contributed by atoms with Crippen molar-refractivity contribution in [1.29, 1.82) is 5.26 Å². The predicted molar refractivity (Wildman–Crippen MR) is 139 cm³/mol. The van der Waals surface area contributed by atoms with Crippen LogP contribution in [0.2, 0.25) is 0 Å². The Morgan fingerprint density at radius 3 is 2.51 bits per heavy atom. The van der Waals surface area contributed by atoms with Crippen molar-refractivity contribution in [3.63, 3.8) is 0 Å². The number of hydrogen-bond donors (Lipinski definition) is 2. The van der Waals surface area contributed by atoms with Gasteiger partial charge in [0.2, 0.25) is 11.5 Å². The van der Waals surface area contributed by atoms with Gasteiger partial charge in [-0.2, -0.15) is 32.3 Å². The smallest absolute Gasteiger partial charge is 0.427 e. The van der Waals surface area contributed by atoms with Crippen LogP contribution >= 0.6 is 0 Å². The number of nitrogens with zero attached hydrogens (tertiary/aromatic N) is 4. The normalized spacial score (nSPS) is 21.8. The summed E-state index contributed by atoms with van der Waals surface area (Å²) >= 11 is 0. The van der Waals surface area contributed by atoms with Crippen molar-refractivity contribution < 1.29 is 49.4 Å². The lowest BCUT2D eigenvalue weighted by Crippen LogP contribution is -2.54. The molecule has 0 unspecified atom stereocenters. The average molecular weight is 635 g/mol. The number of alkyl halides is 5. The van der Waals surface area contributed by atoms with E-state index in [0.717, 1.165) is 10.4 Å². The molecule has 1 aromatic carbocycles. The minimum absolute atomic E-state index is 0.0595. The number of fused-ring (bicyclic) bond motifs is 1. The van der Waals surface area contributed by atoms with Crippen LogP contribution in [0.25, 0.3) is 0 Å². The quantitative estimate of drug-likeness (QED) is 0.412. The van der Waals surface area contributed by atoms with Gasteiger partial charge in [0, 0.05) is 5.69 Å². The van der Waals surface area contributed by atoms with Gasteiger partial charge in [-0.3, -0.25) is 14.4 Å². The van der Waals surface area contributed by atoms with E-state index in [1.165, 1.54) is 26.0 Å². The van der Waals surface area contributed by atoms with Crippen LogP contribution in [0.1, 0.15) is 39.4 Å². The number of aryl methyl sites for hydroxylation is 1. The van der Waals surface area contributed by atoms with Gasteiger partial charge >= 0.3 is 18.8 Å². The van der Waals surface area contributed by atoms with Crippen LogP contribution in [0.5, 0.6) is 5.75 Å². The molecule has 0 saturated heterocycles. The summed E-state index contributed by atoms with van der Waals surface area (Å²) in [6.07, 6.45) is -6.33. The molecule has 43 heavy (non-hydrogen) atoms.